The van der Waals surface area contributed by atoms with Crippen molar-refractivity contribution in [3.8, 4) is 5.75 Å². The van der Waals surface area contributed by atoms with Crippen LogP contribution in [0.5, 0.6) is 5.75 Å². The summed E-state index contributed by atoms with van der Waals surface area (Å²) in [6, 6.07) is 9.75. The van der Waals surface area contributed by atoms with Crippen molar-refractivity contribution in [2.45, 2.75) is 13.5 Å². The van der Waals surface area contributed by atoms with Crippen LogP contribution in [0.3, 0.4) is 0 Å². The van der Waals surface area contributed by atoms with Gasteiger partial charge in [-0.15, -0.1) is 0 Å². The average Bonchev–Trinajstić information content (AvgIpc) is 3.50. The molecule has 4 heterocycles. The van der Waals surface area contributed by atoms with Crippen LogP contribution >= 0.6 is 0 Å². The van der Waals surface area contributed by atoms with Crippen LogP contribution in [-0.2, 0) is 6.54 Å². The van der Waals surface area contributed by atoms with Gasteiger partial charge in [-0.1, -0.05) is 5.16 Å². The number of carbonyl (C=O) groups is 1. The summed E-state index contributed by atoms with van der Waals surface area (Å²) in [5, 5.41) is 11.9. The van der Waals surface area contributed by atoms with Gasteiger partial charge >= 0.3 is 0 Å². The molecule has 1 N–H and O–H groups in total. The number of ether oxygens (including phenoxy) is 1. The molecule has 0 aliphatic carbocycles. The molecule has 0 radical (unpaired) electrons. The standard InChI is InChI=1S/C23H26N8O3/c1-16-13-20(28-34-16)23(32)24-7-8-31-22-19(14-27-31)21(25-15-26-22)30-11-9-29(10-12-30)17-3-5-18(33-2)6-4-17/h3-6,13-15H,7-12H2,1-2H3,(H,24,32). The zero-order chi connectivity index (χ0) is 23.5. The molecule has 11 nitrogen and oxygen atoms in total. The molecule has 1 aromatic carbocycles. The van der Waals surface area contributed by atoms with Gasteiger partial charge in [-0.25, -0.2) is 14.6 Å². The number of rotatable bonds is 7. The molecular weight excluding hydrogens is 436 g/mol. The lowest BCUT2D eigenvalue weighted by Gasteiger charge is -2.36. The Morgan fingerprint density at radius 1 is 1.12 bits per heavy atom. The lowest BCUT2D eigenvalue weighted by molar-refractivity contribution is 0.0943. The van der Waals surface area contributed by atoms with Crippen molar-refractivity contribution in [1.82, 2.24) is 30.2 Å². The van der Waals surface area contributed by atoms with Crippen molar-refractivity contribution in [2.75, 3.05) is 49.6 Å². The summed E-state index contributed by atoms with van der Waals surface area (Å²) in [4.78, 5) is 25.8. The quantitative estimate of drug-likeness (QED) is 0.440. The first-order chi connectivity index (χ1) is 16.6. The number of nitrogens with one attached hydrogen (secondary N) is 1. The third-order valence-electron chi connectivity index (χ3n) is 5.90. The fourth-order valence-electron chi connectivity index (χ4n) is 4.11. The number of benzene rings is 1. The Kier molecular flexibility index (Phi) is 5.98. The SMILES string of the molecule is COc1ccc(N2CCN(c3ncnc4c3cnn4CCNC(=O)c3cc(C)on3)CC2)cc1. The predicted molar refractivity (Wildman–Crippen MR) is 126 cm³/mol. The number of fused-ring (bicyclic) bond motifs is 1. The zero-order valence-corrected chi connectivity index (χ0v) is 19.1. The van der Waals surface area contributed by atoms with Gasteiger partial charge in [-0.3, -0.25) is 4.79 Å². The summed E-state index contributed by atoms with van der Waals surface area (Å²) in [5.41, 5.74) is 2.19. The monoisotopic (exact) mass is 462 g/mol. The van der Waals surface area contributed by atoms with E-state index in [4.69, 9.17) is 9.26 Å². The van der Waals surface area contributed by atoms with Gasteiger partial charge in [0.2, 0.25) is 0 Å². The van der Waals surface area contributed by atoms with Crippen molar-refractivity contribution >= 4 is 28.4 Å². The molecule has 5 rings (SSSR count). The van der Waals surface area contributed by atoms with E-state index in [-0.39, 0.29) is 11.6 Å². The van der Waals surface area contributed by atoms with Crippen LogP contribution in [0, 0.1) is 6.92 Å². The van der Waals surface area contributed by atoms with E-state index in [0.717, 1.165) is 48.8 Å². The first-order valence-electron chi connectivity index (χ1n) is 11.1. The molecule has 1 amide bonds. The summed E-state index contributed by atoms with van der Waals surface area (Å²) in [6.07, 6.45) is 3.37. The highest BCUT2D eigenvalue weighted by Crippen LogP contribution is 2.26. The van der Waals surface area contributed by atoms with Crippen LogP contribution in [0.2, 0.25) is 0 Å². The minimum Gasteiger partial charge on any atom is -0.497 e. The molecule has 0 spiro atoms. The van der Waals surface area contributed by atoms with Crippen LogP contribution < -0.4 is 19.9 Å². The summed E-state index contributed by atoms with van der Waals surface area (Å²) in [5.74, 6) is 2.05. The fraction of sp³-hybridized carbons (Fsp3) is 0.348. The number of aromatic nitrogens is 5. The van der Waals surface area contributed by atoms with E-state index < -0.39 is 0 Å². The second-order valence-electron chi connectivity index (χ2n) is 8.05. The van der Waals surface area contributed by atoms with Crippen molar-refractivity contribution in [1.29, 1.82) is 0 Å². The molecule has 0 bridgehead atoms. The lowest BCUT2D eigenvalue weighted by Crippen LogP contribution is -2.46. The molecule has 1 aliphatic rings. The number of hydrogen-bond acceptors (Lipinski definition) is 9. The summed E-state index contributed by atoms with van der Waals surface area (Å²) >= 11 is 0. The van der Waals surface area contributed by atoms with E-state index in [0.29, 0.717) is 18.8 Å². The second kappa shape index (κ2) is 9.38. The molecule has 3 aromatic heterocycles. The summed E-state index contributed by atoms with van der Waals surface area (Å²) in [6.45, 7) is 6.08. The zero-order valence-electron chi connectivity index (χ0n) is 19.1. The van der Waals surface area contributed by atoms with E-state index in [2.05, 4.69) is 47.5 Å². The van der Waals surface area contributed by atoms with Crippen LogP contribution in [0.25, 0.3) is 11.0 Å². The van der Waals surface area contributed by atoms with Crippen LogP contribution in [-0.4, -0.2) is 70.6 Å². The minimum atomic E-state index is -0.279. The molecule has 176 valence electrons. The van der Waals surface area contributed by atoms with Gasteiger partial charge in [-0.2, -0.15) is 5.10 Å². The maximum Gasteiger partial charge on any atom is 0.273 e. The predicted octanol–water partition coefficient (Wildman–Crippen LogP) is 1.89. The molecule has 11 heteroatoms. The Hall–Kier alpha value is -4.15. The second-order valence-corrected chi connectivity index (χ2v) is 8.05. The molecule has 0 unspecified atom stereocenters. The molecule has 1 saturated heterocycles. The number of piperazine rings is 1. The van der Waals surface area contributed by atoms with Crippen molar-refractivity contribution in [3.63, 3.8) is 0 Å². The third kappa shape index (κ3) is 4.36. The Morgan fingerprint density at radius 2 is 1.88 bits per heavy atom. The van der Waals surface area contributed by atoms with Crippen molar-refractivity contribution in [3.05, 3.63) is 54.3 Å². The van der Waals surface area contributed by atoms with E-state index in [1.165, 1.54) is 5.69 Å². The Balaban J connectivity index is 1.22. The van der Waals surface area contributed by atoms with Crippen LogP contribution in [0.15, 0.2) is 47.4 Å². The van der Waals surface area contributed by atoms with E-state index in [9.17, 15) is 4.79 Å². The van der Waals surface area contributed by atoms with Crippen LogP contribution in [0.4, 0.5) is 11.5 Å². The normalized spacial score (nSPS) is 13.9. The van der Waals surface area contributed by atoms with Gasteiger partial charge in [0.05, 0.1) is 25.2 Å². The highest BCUT2D eigenvalue weighted by molar-refractivity contribution is 5.92. The maximum absolute atomic E-state index is 12.2. The number of nitrogens with zero attached hydrogens (tertiary/aromatic N) is 7. The van der Waals surface area contributed by atoms with Gasteiger partial charge in [0.1, 0.15) is 23.7 Å². The number of methoxy groups -OCH3 is 1. The third-order valence-corrected chi connectivity index (χ3v) is 5.90. The molecule has 1 aliphatic heterocycles. The average molecular weight is 463 g/mol. The van der Waals surface area contributed by atoms with Gasteiger partial charge in [-0.05, 0) is 31.2 Å². The van der Waals surface area contributed by atoms with Gasteiger partial charge < -0.3 is 24.4 Å². The topological polar surface area (TPSA) is 114 Å². The number of hydrogen-bond donors (Lipinski definition) is 1. The molecule has 4 aromatic rings. The van der Waals surface area contributed by atoms with Gasteiger partial charge in [0.25, 0.3) is 5.91 Å². The van der Waals surface area contributed by atoms with Crippen molar-refractivity contribution < 1.29 is 14.1 Å². The molecule has 1 fully saturated rings. The number of carbonyl (C=O) groups excluding carboxylic acids is 1. The Morgan fingerprint density at radius 3 is 2.59 bits per heavy atom. The highest BCUT2D eigenvalue weighted by Gasteiger charge is 2.21. The number of aryl methyl sites for hydroxylation is 1. The highest BCUT2D eigenvalue weighted by atomic mass is 16.5. The largest absolute Gasteiger partial charge is 0.497 e. The van der Waals surface area contributed by atoms with E-state index in [1.807, 2.05) is 12.1 Å². The Labute approximate surface area is 196 Å². The fourth-order valence-corrected chi connectivity index (χ4v) is 4.11. The van der Waals surface area contributed by atoms with Crippen molar-refractivity contribution in [2.24, 2.45) is 0 Å². The van der Waals surface area contributed by atoms with Gasteiger partial charge in [0, 0.05) is 44.5 Å². The molecular formula is C23H26N8O3. The van der Waals surface area contributed by atoms with Crippen LogP contribution in [0.1, 0.15) is 16.2 Å². The first-order valence-corrected chi connectivity index (χ1v) is 11.1. The van der Waals surface area contributed by atoms with E-state index >= 15 is 0 Å². The molecule has 0 atom stereocenters. The van der Waals surface area contributed by atoms with E-state index in [1.54, 1.807) is 37.3 Å². The minimum absolute atomic E-state index is 0.265. The molecule has 0 saturated carbocycles. The Bertz CT molecular complexity index is 1280. The first kappa shape index (κ1) is 21.7. The lowest BCUT2D eigenvalue weighted by atomic mass is 10.2. The number of amides is 1. The summed E-state index contributed by atoms with van der Waals surface area (Å²) in [7, 11) is 1.67. The molecule has 34 heavy (non-hydrogen) atoms. The number of anilines is 2. The van der Waals surface area contributed by atoms with Gasteiger partial charge in [0.15, 0.2) is 11.3 Å². The maximum atomic E-state index is 12.2. The summed E-state index contributed by atoms with van der Waals surface area (Å²) < 4.78 is 12.0. The smallest absolute Gasteiger partial charge is 0.273 e.